The molecular formula is C27H38ClNO4. The normalized spacial score (nSPS) is 17.2. The molecular weight excluding hydrogens is 438 g/mol. The van der Waals surface area contributed by atoms with E-state index in [0.717, 1.165) is 24.4 Å². The van der Waals surface area contributed by atoms with Crippen molar-refractivity contribution in [3.63, 3.8) is 0 Å². The molecule has 0 unspecified atom stereocenters. The Labute approximate surface area is 203 Å². The molecule has 0 amide bonds. The predicted molar refractivity (Wildman–Crippen MR) is 134 cm³/mol. The van der Waals surface area contributed by atoms with E-state index < -0.39 is 12.2 Å². The van der Waals surface area contributed by atoms with Crippen molar-refractivity contribution in [2.45, 2.75) is 57.2 Å². The molecule has 1 saturated heterocycles. The number of β-amino-alcohol motifs (C(OH)–C–C–N with tert-alkyl or cyclic N) is 1. The molecule has 1 aliphatic heterocycles. The third-order valence-electron chi connectivity index (χ3n) is 6.38. The summed E-state index contributed by atoms with van der Waals surface area (Å²) in [4.78, 5) is 2.35. The fraction of sp³-hybridized carbons (Fsp3) is 0.556. The summed E-state index contributed by atoms with van der Waals surface area (Å²) >= 11 is 5.61. The molecule has 2 aromatic rings. The summed E-state index contributed by atoms with van der Waals surface area (Å²) < 4.78 is 11.4. The summed E-state index contributed by atoms with van der Waals surface area (Å²) in [5, 5.41) is 19.9. The lowest BCUT2D eigenvalue weighted by atomic mass is 9.78. The van der Waals surface area contributed by atoms with E-state index in [-0.39, 0.29) is 17.9 Å². The van der Waals surface area contributed by atoms with Crippen LogP contribution in [0.5, 0.6) is 11.5 Å². The average Bonchev–Trinajstić information content (AvgIpc) is 3.10. The second-order valence-corrected chi connectivity index (χ2v) is 9.78. The van der Waals surface area contributed by atoms with Crippen LogP contribution >= 0.6 is 11.6 Å². The number of aliphatic hydroxyl groups is 2. The average molecular weight is 476 g/mol. The molecule has 1 heterocycles. The number of hydrogen-bond donors (Lipinski definition) is 2. The maximum atomic E-state index is 10.4. The van der Waals surface area contributed by atoms with Gasteiger partial charge >= 0.3 is 0 Å². The summed E-state index contributed by atoms with van der Waals surface area (Å²) in [6.07, 6.45) is 3.88. The first-order valence-corrected chi connectivity index (χ1v) is 12.5. The van der Waals surface area contributed by atoms with Crippen LogP contribution in [-0.4, -0.2) is 66.0 Å². The van der Waals surface area contributed by atoms with Gasteiger partial charge in [0.2, 0.25) is 0 Å². The Morgan fingerprint density at radius 3 is 1.70 bits per heavy atom. The molecule has 5 nitrogen and oxygen atoms in total. The van der Waals surface area contributed by atoms with Crippen molar-refractivity contribution in [1.29, 1.82) is 0 Å². The number of halogens is 1. The van der Waals surface area contributed by atoms with Crippen LogP contribution in [0.4, 0.5) is 0 Å². The van der Waals surface area contributed by atoms with Gasteiger partial charge in [-0.2, -0.15) is 0 Å². The van der Waals surface area contributed by atoms with Crippen molar-refractivity contribution in [3.05, 3.63) is 59.7 Å². The van der Waals surface area contributed by atoms with Crippen LogP contribution in [0.25, 0.3) is 0 Å². The first kappa shape index (κ1) is 25.8. The molecule has 0 bridgehead atoms. The van der Waals surface area contributed by atoms with Crippen molar-refractivity contribution in [2.75, 3.05) is 38.7 Å². The molecule has 0 saturated carbocycles. The quantitative estimate of drug-likeness (QED) is 0.465. The van der Waals surface area contributed by atoms with Crippen molar-refractivity contribution in [3.8, 4) is 11.5 Å². The van der Waals surface area contributed by atoms with Crippen LogP contribution in [0.1, 0.15) is 50.7 Å². The van der Waals surface area contributed by atoms with Crippen LogP contribution in [0.3, 0.4) is 0 Å². The molecule has 0 spiro atoms. The summed E-state index contributed by atoms with van der Waals surface area (Å²) in [5.41, 5.74) is 2.14. The van der Waals surface area contributed by atoms with Gasteiger partial charge in [0.1, 0.15) is 36.9 Å². The zero-order chi connectivity index (χ0) is 23.7. The molecule has 33 heavy (non-hydrogen) atoms. The van der Waals surface area contributed by atoms with Gasteiger partial charge < -0.3 is 24.6 Å². The van der Waals surface area contributed by atoms with Gasteiger partial charge in [0.05, 0.1) is 5.88 Å². The highest BCUT2D eigenvalue weighted by molar-refractivity contribution is 6.18. The summed E-state index contributed by atoms with van der Waals surface area (Å²) in [6.45, 7) is 7.67. The van der Waals surface area contributed by atoms with Crippen molar-refractivity contribution in [1.82, 2.24) is 4.90 Å². The second kappa shape index (κ2) is 12.6. The van der Waals surface area contributed by atoms with E-state index >= 15 is 0 Å². The number of benzene rings is 2. The lowest BCUT2D eigenvalue weighted by molar-refractivity contribution is 0.0693. The lowest BCUT2D eigenvalue weighted by Gasteiger charge is -2.27. The molecule has 182 valence electrons. The van der Waals surface area contributed by atoms with Crippen LogP contribution in [-0.2, 0) is 5.41 Å². The van der Waals surface area contributed by atoms with Crippen molar-refractivity contribution >= 4 is 11.6 Å². The number of ether oxygens (including phenoxy) is 2. The Bertz CT molecular complexity index is 817. The molecule has 0 radical (unpaired) electrons. The van der Waals surface area contributed by atoms with Crippen LogP contribution in [0.15, 0.2) is 48.5 Å². The molecule has 2 N–H and O–H groups in total. The first-order chi connectivity index (χ1) is 15.9. The van der Waals surface area contributed by atoms with E-state index in [9.17, 15) is 10.2 Å². The fourth-order valence-corrected chi connectivity index (χ4v) is 4.29. The van der Waals surface area contributed by atoms with Crippen LogP contribution in [0.2, 0.25) is 0 Å². The maximum Gasteiger partial charge on any atom is 0.119 e. The molecule has 0 aromatic heterocycles. The van der Waals surface area contributed by atoms with Gasteiger partial charge in [-0.3, -0.25) is 0 Å². The van der Waals surface area contributed by atoms with Crippen molar-refractivity contribution < 1.29 is 19.7 Å². The van der Waals surface area contributed by atoms with E-state index in [2.05, 4.69) is 30.9 Å². The first-order valence-electron chi connectivity index (χ1n) is 12.0. The molecule has 2 atom stereocenters. The highest BCUT2D eigenvalue weighted by Gasteiger charge is 2.23. The van der Waals surface area contributed by atoms with E-state index in [1.807, 2.05) is 36.4 Å². The zero-order valence-electron chi connectivity index (χ0n) is 19.9. The molecule has 1 aliphatic rings. The predicted octanol–water partition coefficient (Wildman–Crippen LogP) is 4.61. The van der Waals surface area contributed by atoms with Gasteiger partial charge in [0, 0.05) is 12.0 Å². The Hall–Kier alpha value is -1.79. The smallest absolute Gasteiger partial charge is 0.119 e. The standard InChI is InChI=1S/C27H38ClNO4/c1-27(2,21-7-11-25(12-8-21)32-19-23(30)17-28)22-9-13-26(14-10-22)33-20-24(31)18-29-15-5-3-4-6-16-29/h7-14,23-24,30-31H,3-6,15-20H2,1-2H3/t23-,24+/m1/s1. The zero-order valence-corrected chi connectivity index (χ0v) is 20.6. The minimum atomic E-state index is -0.668. The van der Waals surface area contributed by atoms with Gasteiger partial charge in [-0.1, -0.05) is 51.0 Å². The largest absolute Gasteiger partial charge is 0.491 e. The molecule has 2 aromatic carbocycles. The van der Waals surface area contributed by atoms with E-state index in [1.54, 1.807) is 0 Å². The fourth-order valence-electron chi connectivity index (χ4n) is 4.20. The highest BCUT2D eigenvalue weighted by Crippen LogP contribution is 2.33. The van der Waals surface area contributed by atoms with Crippen LogP contribution in [0, 0.1) is 0 Å². The minimum absolute atomic E-state index is 0.155. The highest BCUT2D eigenvalue weighted by atomic mass is 35.5. The number of nitrogens with zero attached hydrogens (tertiary/aromatic N) is 1. The summed E-state index contributed by atoms with van der Waals surface area (Å²) in [7, 11) is 0. The van der Waals surface area contributed by atoms with Crippen LogP contribution < -0.4 is 9.47 Å². The SMILES string of the molecule is CC(C)(c1ccc(OC[C@H](O)CCl)cc1)c1ccc(OC[C@@H](O)CN2CCCCCC2)cc1. The van der Waals surface area contributed by atoms with E-state index in [4.69, 9.17) is 21.1 Å². The third kappa shape index (κ3) is 7.89. The molecule has 0 aliphatic carbocycles. The molecule has 1 fully saturated rings. The molecule has 3 rings (SSSR count). The Balaban J connectivity index is 1.52. The number of rotatable bonds is 11. The minimum Gasteiger partial charge on any atom is -0.491 e. The number of aliphatic hydroxyl groups excluding tert-OH is 2. The van der Waals surface area contributed by atoms with Gasteiger partial charge in [-0.05, 0) is 61.3 Å². The van der Waals surface area contributed by atoms with Gasteiger partial charge in [0.25, 0.3) is 0 Å². The van der Waals surface area contributed by atoms with Crippen molar-refractivity contribution in [2.24, 2.45) is 0 Å². The van der Waals surface area contributed by atoms with E-state index in [1.165, 1.54) is 31.2 Å². The Kier molecular flexibility index (Phi) is 9.87. The topological polar surface area (TPSA) is 62.2 Å². The van der Waals surface area contributed by atoms with Gasteiger partial charge in [-0.15, -0.1) is 11.6 Å². The number of alkyl halides is 1. The van der Waals surface area contributed by atoms with Gasteiger partial charge in [0.15, 0.2) is 0 Å². The summed E-state index contributed by atoms with van der Waals surface area (Å²) in [5.74, 6) is 1.63. The summed E-state index contributed by atoms with van der Waals surface area (Å²) in [6, 6.07) is 16.0. The maximum absolute atomic E-state index is 10.4. The molecule has 6 heteroatoms. The monoisotopic (exact) mass is 475 g/mol. The van der Waals surface area contributed by atoms with E-state index in [0.29, 0.717) is 18.9 Å². The Morgan fingerprint density at radius 2 is 1.24 bits per heavy atom. The third-order valence-corrected chi connectivity index (χ3v) is 6.74. The van der Waals surface area contributed by atoms with Gasteiger partial charge in [-0.25, -0.2) is 0 Å². The lowest BCUT2D eigenvalue weighted by Crippen LogP contribution is -2.36. The number of likely N-dealkylation sites (tertiary alicyclic amines) is 1. The number of hydrogen-bond acceptors (Lipinski definition) is 5. The Morgan fingerprint density at radius 1 is 0.788 bits per heavy atom. The second-order valence-electron chi connectivity index (χ2n) is 9.47.